The zero-order chi connectivity index (χ0) is 13.0. The summed E-state index contributed by atoms with van der Waals surface area (Å²) in [5.74, 6) is 0.0772. The highest BCUT2D eigenvalue weighted by Crippen LogP contribution is 2.73. The van der Waals surface area contributed by atoms with Gasteiger partial charge < -0.3 is 9.84 Å². The number of carboxylic acid groups (broad SMARTS) is 1. The number of rotatable bonds is 4. The van der Waals surface area contributed by atoms with Crippen molar-refractivity contribution in [2.24, 2.45) is 10.8 Å². The summed E-state index contributed by atoms with van der Waals surface area (Å²) in [5, 5.41) is 9.65. The van der Waals surface area contributed by atoms with E-state index < -0.39 is 11.4 Å². The predicted octanol–water partition coefficient (Wildman–Crippen LogP) is 3.74. The number of carbonyl (C=O) groups is 1. The van der Waals surface area contributed by atoms with Crippen LogP contribution in [0.5, 0.6) is 5.75 Å². The van der Waals surface area contributed by atoms with Crippen LogP contribution in [0.4, 0.5) is 0 Å². The summed E-state index contributed by atoms with van der Waals surface area (Å²) >= 11 is 9.30. The van der Waals surface area contributed by atoms with Crippen LogP contribution in [-0.2, 0) is 4.79 Å². The topological polar surface area (TPSA) is 46.5 Å². The molecule has 1 aromatic carbocycles. The smallest absolute Gasteiger partial charge is 0.309 e. The van der Waals surface area contributed by atoms with Crippen LogP contribution in [0.3, 0.4) is 0 Å². The lowest BCUT2D eigenvalue weighted by Crippen LogP contribution is -2.67. The Morgan fingerprint density at radius 2 is 2.11 bits per heavy atom. The molecule has 1 aromatic rings. The van der Waals surface area contributed by atoms with E-state index in [2.05, 4.69) is 15.9 Å². The van der Waals surface area contributed by atoms with Gasteiger partial charge in [-0.2, -0.15) is 0 Å². The van der Waals surface area contributed by atoms with Gasteiger partial charge in [-0.25, -0.2) is 0 Å². The molecule has 1 N–H and O–H groups in total. The fourth-order valence-corrected chi connectivity index (χ4v) is 3.60. The third kappa shape index (κ3) is 1.74. The summed E-state index contributed by atoms with van der Waals surface area (Å²) in [5.41, 5.74) is -0.335. The summed E-state index contributed by atoms with van der Waals surface area (Å²) in [6, 6.07) is 5.47. The standard InChI is InChI=1S/C13H12BrClO3/c14-9-2-1-8(3-10(9)15)18-7-12-4-13(5-12,6-12)11(16)17/h1-3H,4-7H2,(H,16,17). The van der Waals surface area contributed by atoms with Crippen LogP contribution in [0.15, 0.2) is 22.7 Å². The summed E-state index contributed by atoms with van der Waals surface area (Å²) in [6.45, 7) is 0.583. The van der Waals surface area contributed by atoms with Gasteiger partial charge in [-0.1, -0.05) is 11.6 Å². The van der Waals surface area contributed by atoms with Crippen LogP contribution in [0, 0.1) is 10.8 Å². The van der Waals surface area contributed by atoms with E-state index >= 15 is 0 Å². The molecule has 4 rings (SSSR count). The first kappa shape index (κ1) is 12.3. The van der Waals surface area contributed by atoms with Gasteiger partial charge in [0.05, 0.1) is 17.0 Å². The van der Waals surface area contributed by atoms with Crippen molar-refractivity contribution in [2.75, 3.05) is 6.61 Å². The highest BCUT2D eigenvalue weighted by Gasteiger charge is 2.72. The molecule has 3 saturated carbocycles. The van der Waals surface area contributed by atoms with E-state index in [1.54, 1.807) is 6.07 Å². The average Bonchev–Trinajstić information content (AvgIpc) is 2.18. The van der Waals surface area contributed by atoms with Crippen LogP contribution in [0.2, 0.25) is 5.02 Å². The zero-order valence-corrected chi connectivity index (χ0v) is 11.9. The Bertz CT molecular complexity index is 509. The van der Waals surface area contributed by atoms with Gasteiger partial charge in [0.1, 0.15) is 5.75 Å². The lowest BCUT2D eigenvalue weighted by Gasteiger charge is -2.67. The van der Waals surface area contributed by atoms with E-state index in [0.29, 0.717) is 11.6 Å². The minimum absolute atomic E-state index is 0.0952. The second kappa shape index (κ2) is 3.87. The number of ether oxygens (including phenoxy) is 1. The predicted molar refractivity (Wildman–Crippen MR) is 71.0 cm³/mol. The molecule has 96 valence electrons. The van der Waals surface area contributed by atoms with Gasteiger partial charge in [-0.05, 0) is 53.4 Å². The maximum atomic E-state index is 11.0. The Kier molecular flexibility index (Phi) is 2.65. The molecule has 0 amide bonds. The second-order valence-electron chi connectivity index (χ2n) is 5.48. The number of halogens is 2. The Morgan fingerprint density at radius 1 is 1.44 bits per heavy atom. The Morgan fingerprint density at radius 3 is 2.67 bits per heavy atom. The van der Waals surface area contributed by atoms with Crippen molar-refractivity contribution >= 4 is 33.5 Å². The summed E-state index contributed by atoms with van der Waals surface area (Å²) in [7, 11) is 0. The minimum atomic E-state index is -0.656. The lowest BCUT2D eigenvalue weighted by molar-refractivity contribution is -0.231. The maximum absolute atomic E-state index is 11.0. The number of carboxylic acids is 1. The molecule has 2 bridgehead atoms. The van der Waals surface area contributed by atoms with E-state index in [9.17, 15) is 4.79 Å². The summed E-state index contributed by atoms with van der Waals surface area (Å²) in [6.07, 6.45) is 2.25. The molecule has 0 spiro atoms. The Balaban J connectivity index is 1.58. The molecule has 0 atom stereocenters. The molecule has 0 unspecified atom stereocenters. The van der Waals surface area contributed by atoms with Crippen molar-refractivity contribution in [3.8, 4) is 5.75 Å². The van der Waals surface area contributed by atoms with E-state index in [-0.39, 0.29) is 5.41 Å². The van der Waals surface area contributed by atoms with Crippen molar-refractivity contribution in [1.29, 1.82) is 0 Å². The van der Waals surface area contributed by atoms with Gasteiger partial charge in [-0.3, -0.25) is 4.79 Å². The first-order chi connectivity index (χ1) is 8.45. The number of benzene rings is 1. The first-order valence-corrected chi connectivity index (χ1v) is 6.93. The highest BCUT2D eigenvalue weighted by atomic mass is 79.9. The molecule has 0 aromatic heterocycles. The van der Waals surface area contributed by atoms with Crippen molar-refractivity contribution < 1.29 is 14.6 Å². The number of hydrogen-bond donors (Lipinski definition) is 1. The minimum Gasteiger partial charge on any atom is -0.493 e. The molecule has 3 aliphatic rings. The quantitative estimate of drug-likeness (QED) is 0.914. The van der Waals surface area contributed by atoms with Crippen molar-refractivity contribution in [2.45, 2.75) is 19.3 Å². The molecule has 18 heavy (non-hydrogen) atoms. The van der Waals surface area contributed by atoms with Crippen LogP contribution in [0.25, 0.3) is 0 Å². The zero-order valence-electron chi connectivity index (χ0n) is 9.58. The molecular weight excluding hydrogens is 319 g/mol. The largest absolute Gasteiger partial charge is 0.493 e. The Hall–Kier alpha value is -0.740. The van der Waals surface area contributed by atoms with Gasteiger partial charge in [0.15, 0.2) is 0 Å². The van der Waals surface area contributed by atoms with Gasteiger partial charge in [0.25, 0.3) is 0 Å². The van der Waals surface area contributed by atoms with Crippen LogP contribution < -0.4 is 4.74 Å². The molecular formula is C13H12BrClO3. The molecule has 3 aliphatic carbocycles. The van der Waals surface area contributed by atoms with E-state index in [1.807, 2.05) is 12.1 Å². The average molecular weight is 332 g/mol. The van der Waals surface area contributed by atoms with Crippen molar-refractivity contribution in [1.82, 2.24) is 0 Å². The molecule has 3 fully saturated rings. The second-order valence-corrected chi connectivity index (χ2v) is 6.74. The fourth-order valence-electron chi connectivity index (χ4n) is 3.18. The third-order valence-electron chi connectivity index (χ3n) is 4.03. The van der Waals surface area contributed by atoms with Crippen LogP contribution >= 0.6 is 27.5 Å². The highest BCUT2D eigenvalue weighted by molar-refractivity contribution is 9.10. The summed E-state index contributed by atoms with van der Waals surface area (Å²) in [4.78, 5) is 11.0. The van der Waals surface area contributed by atoms with Gasteiger partial charge in [0, 0.05) is 9.89 Å². The fraction of sp³-hybridized carbons (Fsp3) is 0.462. The monoisotopic (exact) mass is 330 g/mol. The van der Waals surface area contributed by atoms with Gasteiger partial charge in [-0.15, -0.1) is 0 Å². The molecule has 0 radical (unpaired) electrons. The molecule has 0 aliphatic heterocycles. The summed E-state index contributed by atoms with van der Waals surface area (Å²) < 4.78 is 6.55. The number of aliphatic carboxylic acids is 1. The normalized spacial score (nSPS) is 32.3. The van der Waals surface area contributed by atoms with E-state index in [1.165, 1.54) is 0 Å². The molecule has 3 nitrogen and oxygen atoms in total. The molecule has 0 saturated heterocycles. The lowest BCUT2D eigenvalue weighted by atomic mass is 9.35. The Labute approximate surface area is 118 Å². The first-order valence-electron chi connectivity index (χ1n) is 5.76. The van der Waals surface area contributed by atoms with Crippen molar-refractivity contribution in [3.63, 3.8) is 0 Å². The van der Waals surface area contributed by atoms with Crippen LogP contribution in [0.1, 0.15) is 19.3 Å². The van der Waals surface area contributed by atoms with Crippen molar-refractivity contribution in [3.05, 3.63) is 27.7 Å². The number of hydrogen-bond acceptors (Lipinski definition) is 2. The van der Waals surface area contributed by atoms with E-state index in [4.69, 9.17) is 21.4 Å². The third-order valence-corrected chi connectivity index (χ3v) is 5.26. The molecule has 0 heterocycles. The van der Waals surface area contributed by atoms with Crippen LogP contribution in [-0.4, -0.2) is 17.7 Å². The SMILES string of the molecule is O=C(O)C12CC(COc3ccc(Br)c(Cl)c3)(C1)C2. The molecule has 5 heteroatoms. The van der Waals surface area contributed by atoms with E-state index in [0.717, 1.165) is 29.5 Å². The van der Waals surface area contributed by atoms with Gasteiger partial charge >= 0.3 is 5.97 Å². The van der Waals surface area contributed by atoms with Gasteiger partial charge in [0.2, 0.25) is 0 Å². The maximum Gasteiger partial charge on any atom is 0.309 e.